The van der Waals surface area contributed by atoms with Crippen molar-refractivity contribution in [3.05, 3.63) is 0 Å². The largest absolute Gasteiger partial charge is 0.350 e. The molecule has 1 aromatic rings. The Labute approximate surface area is 83.1 Å². The smallest absolute Gasteiger partial charge is 0.242 e. The van der Waals surface area contributed by atoms with Gasteiger partial charge in [-0.1, -0.05) is 5.10 Å². The zero-order valence-corrected chi connectivity index (χ0v) is 8.40. The summed E-state index contributed by atoms with van der Waals surface area (Å²) in [5, 5.41) is 18.0. The number of aromatic nitrogens is 4. The van der Waals surface area contributed by atoms with E-state index in [1.54, 1.807) is 4.68 Å². The number of nitrogens with zero attached hydrogens (tertiary/aromatic N) is 4. The van der Waals surface area contributed by atoms with E-state index in [0.29, 0.717) is 6.04 Å². The van der Waals surface area contributed by atoms with Gasteiger partial charge in [-0.15, -0.1) is 0 Å². The molecule has 0 aromatic carbocycles. The van der Waals surface area contributed by atoms with Crippen molar-refractivity contribution in [3.63, 3.8) is 0 Å². The van der Waals surface area contributed by atoms with Crippen LogP contribution in [0.4, 0.5) is 5.95 Å². The summed E-state index contributed by atoms with van der Waals surface area (Å²) in [6, 6.07) is 0.495. The predicted molar refractivity (Wildman–Crippen MR) is 52.9 cm³/mol. The number of hydrogen-bond donors (Lipinski definition) is 2. The van der Waals surface area contributed by atoms with E-state index in [4.69, 9.17) is 0 Å². The maximum atomic E-state index is 3.91. The minimum atomic E-state index is 0.495. The quantitative estimate of drug-likeness (QED) is 0.683. The number of rotatable bonds is 2. The van der Waals surface area contributed by atoms with Gasteiger partial charge < -0.3 is 10.6 Å². The molecular formula is C8H16N6. The molecule has 0 saturated carbocycles. The number of anilines is 1. The van der Waals surface area contributed by atoms with Gasteiger partial charge in [0.2, 0.25) is 5.95 Å². The number of tetrazole rings is 1. The summed E-state index contributed by atoms with van der Waals surface area (Å²) in [7, 11) is 1.84. The van der Waals surface area contributed by atoms with Crippen LogP contribution in [0.3, 0.4) is 0 Å². The fourth-order valence-corrected chi connectivity index (χ4v) is 1.70. The van der Waals surface area contributed by atoms with Crippen LogP contribution in [0.5, 0.6) is 0 Å². The molecule has 0 radical (unpaired) electrons. The van der Waals surface area contributed by atoms with Crippen LogP contribution in [0, 0.1) is 0 Å². The number of aryl methyl sites for hydroxylation is 1. The van der Waals surface area contributed by atoms with Gasteiger partial charge in [-0.3, -0.25) is 0 Å². The van der Waals surface area contributed by atoms with Crippen molar-refractivity contribution in [1.82, 2.24) is 25.5 Å². The van der Waals surface area contributed by atoms with E-state index in [1.165, 1.54) is 12.8 Å². The molecule has 6 heteroatoms. The van der Waals surface area contributed by atoms with Crippen LogP contribution < -0.4 is 10.6 Å². The maximum absolute atomic E-state index is 3.91. The summed E-state index contributed by atoms with van der Waals surface area (Å²) in [6.45, 7) is 2.19. The molecular weight excluding hydrogens is 180 g/mol. The first kappa shape index (κ1) is 9.39. The fraction of sp³-hybridized carbons (Fsp3) is 0.875. The van der Waals surface area contributed by atoms with Crippen molar-refractivity contribution >= 4 is 5.95 Å². The summed E-state index contributed by atoms with van der Waals surface area (Å²) in [6.07, 6.45) is 3.52. The molecule has 78 valence electrons. The Hall–Kier alpha value is -1.17. The van der Waals surface area contributed by atoms with Gasteiger partial charge >= 0.3 is 0 Å². The van der Waals surface area contributed by atoms with Crippen molar-refractivity contribution in [1.29, 1.82) is 0 Å². The Balaban J connectivity index is 1.92. The van der Waals surface area contributed by atoms with E-state index in [-0.39, 0.29) is 0 Å². The lowest BCUT2D eigenvalue weighted by Gasteiger charge is -2.14. The lowest BCUT2D eigenvalue weighted by atomic mass is 10.1. The zero-order chi connectivity index (χ0) is 9.80. The molecule has 1 aromatic heterocycles. The Morgan fingerprint density at radius 3 is 3.14 bits per heavy atom. The number of nitrogens with one attached hydrogen (secondary N) is 2. The van der Waals surface area contributed by atoms with Crippen LogP contribution >= 0.6 is 0 Å². The molecule has 6 nitrogen and oxygen atoms in total. The van der Waals surface area contributed by atoms with Crippen LogP contribution in [0.15, 0.2) is 0 Å². The van der Waals surface area contributed by atoms with E-state index in [0.717, 1.165) is 25.5 Å². The highest BCUT2D eigenvalue weighted by Crippen LogP contribution is 2.10. The SMILES string of the molecule is Cn1nnnc1NC1CCCNCC1. The first-order valence-corrected chi connectivity index (χ1v) is 5.06. The third kappa shape index (κ3) is 2.20. The van der Waals surface area contributed by atoms with Crippen LogP contribution in [-0.4, -0.2) is 39.3 Å². The Morgan fingerprint density at radius 1 is 1.43 bits per heavy atom. The maximum Gasteiger partial charge on any atom is 0.242 e. The van der Waals surface area contributed by atoms with Gasteiger partial charge in [-0.2, -0.15) is 0 Å². The van der Waals surface area contributed by atoms with E-state index in [1.807, 2.05) is 7.05 Å². The van der Waals surface area contributed by atoms with Gasteiger partial charge in [0.05, 0.1) is 0 Å². The first-order chi connectivity index (χ1) is 6.86. The highest BCUT2D eigenvalue weighted by atomic mass is 15.6. The molecule has 0 spiro atoms. The minimum absolute atomic E-state index is 0.495. The van der Waals surface area contributed by atoms with Crippen molar-refractivity contribution < 1.29 is 0 Å². The Kier molecular flexibility index (Phi) is 2.93. The average Bonchev–Trinajstić information content (AvgIpc) is 2.44. The van der Waals surface area contributed by atoms with Crippen molar-refractivity contribution in [2.24, 2.45) is 7.05 Å². The summed E-state index contributed by atoms with van der Waals surface area (Å²) < 4.78 is 1.66. The van der Waals surface area contributed by atoms with Gasteiger partial charge in [0.1, 0.15) is 0 Å². The second-order valence-corrected chi connectivity index (χ2v) is 3.65. The standard InChI is InChI=1S/C8H16N6/c1-14-8(11-12-13-14)10-7-3-2-5-9-6-4-7/h7,9H,2-6H2,1H3,(H,10,11,13). The Bertz CT molecular complexity index is 275. The Morgan fingerprint density at radius 2 is 2.36 bits per heavy atom. The van der Waals surface area contributed by atoms with Crippen molar-refractivity contribution in [2.75, 3.05) is 18.4 Å². The third-order valence-corrected chi connectivity index (χ3v) is 2.53. The molecule has 1 saturated heterocycles. The molecule has 0 amide bonds. The topological polar surface area (TPSA) is 67.7 Å². The summed E-state index contributed by atoms with van der Waals surface area (Å²) in [5.41, 5.74) is 0. The molecule has 1 aliphatic heterocycles. The summed E-state index contributed by atoms with van der Waals surface area (Å²) >= 11 is 0. The predicted octanol–water partition coefficient (Wildman–Crippen LogP) is -0.236. The lowest BCUT2D eigenvalue weighted by Crippen LogP contribution is -2.23. The molecule has 1 unspecified atom stereocenters. The van der Waals surface area contributed by atoms with Crippen molar-refractivity contribution in [3.8, 4) is 0 Å². The molecule has 2 N–H and O–H groups in total. The molecule has 1 aliphatic rings. The van der Waals surface area contributed by atoms with Crippen LogP contribution in [0.25, 0.3) is 0 Å². The van der Waals surface area contributed by atoms with Crippen LogP contribution in [0.1, 0.15) is 19.3 Å². The van der Waals surface area contributed by atoms with Crippen LogP contribution in [-0.2, 0) is 7.05 Å². The number of hydrogen-bond acceptors (Lipinski definition) is 5. The van der Waals surface area contributed by atoms with Gasteiger partial charge in [0.25, 0.3) is 0 Å². The zero-order valence-electron chi connectivity index (χ0n) is 8.40. The van der Waals surface area contributed by atoms with E-state index in [2.05, 4.69) is 26.2 Å². The highest BCUT2D eigenvalue weighted by molar-refractivity contribution is 5.23. The highest BCUT2D eigenvalue weighted by Gasteiger charge is 2.13. The summed E-state index contributed by atoms with van der Waals surface area (Å²) in [5.74, 6) is 0.761. The average molecular weight is 196 g/mol. The third-order valence-electron chi connectivity index (χ3n) is 2.53. The fourth-order valence-electron chi connectivity index (χ4n) is 1.70. The molecule has 1 atom stereocenters. The second-order valence-electron chi connectivity index (χ2n) is 3.65. The second kappa shape index (κ2) is 4.36. The molecule has 2 heterocycles. The van der Waals surface area contributed by atoms with E-state index < -0.39 is 0 Å². The lowest BCUT2D eigenvalue weighted by molar-refractivity contribution is 0.621. The molecule has 14 heavy (non-hydrogen) atoms. The van der Waals surface area contributed by atoms with Crippen molar-refractivity contribution in [2.45, 2.75) is 25.3 Å². The van der Waals surface area contributed by atoms with Crippen LogP contribution in [0.2, 0.25) is 0 Å². The van der Waals surface area contributed by atoms with Gasteiger partial charge in [-0.25, -0.2) is 4.68 Å². The van der Waals surface area contributed by atoms with E-state index in [9.17, 15) is 0 Å². The van der Waals surface area contributed by atoms with Gasteiger partial charge in [0.15, 0.2) is 0 Å². The van der Waals surface area contributed by atoms with Gasteiger partial charge in [0, 0.05) is 13.1 Å². The normalized spacial score (nSPS) is 23.1. The first-order valence-electron chi connectivity index (χ1n) is 5.06. The molecule has 0 aliphatic carbocycles. The van der Waals surface area contributed by atoms with E-state index >= 15 is 0 Å². The molecule has 2 rings (SSSR count). The molecule has 0 bridgehead atoms. The monoisotopic (exact) mass is 196 g/mol. The van der Waals surface area contributed by atoms with Gasteiger partial charge in [-0.05, 0) is 42.8 Å². The minimum Gasteiger partial charge on any atom is -0.350 e. The molecule has 1 fully saturated rings. The summed E-state index contributed by atoms with van der Waals surface area (Å²) in [4.78, 5) is 0.